The van der Waals surface area contributed by atoms with Crippen molar-refractivity contribution >= 4 is 5.97 Å². The van der Waals surface area contributed by atoms with Gasteiger partial charge in [0.05, 0.1) is 5.92 Å². The summed E-state index contributed by atoms with van der Waals surface area (Å²) >= 11 is 0. The summed E-state index contributed by atoms with van der Waals surface area (Å²) in [4.78, 5) is 10.8. The number of hydrogen-bond donors (Lipinski definition) is 2. The second-order valence-corrected chi connectivity index (χ2v) is 3.33. The summed E-state index contributed by atoms with van der Waals surface area (Å²) in [7, 11) is 0. The molecule has 1 aliphatic rings. The van der Waals surface area contributed by atoms with E-state index < -0.39 is 11.9 Å². The van der Waals surface area contributed by atoms with Gasteiger partial charge in [0.1, 0.15) is 0 Å². The largest absolute Gasteiger partial charge is 0.504 e. The maximum Gasteiger partial charge on any atom is 0.310 e. The van der Waals surface area contributed by atoms with Crippen molar-refractivity contribution in [2.24, 2.45) is 0 Å². The Morgan fingerprint density at radius 2 is 2.20 bits per heavy atom. The highest BCUT2D eigenvalue weighted by Crippen LogP contribution is 2.42. The average molecular weight is 210 g/mol. The minimum absolute atomic E-state index is 0.0494. The van der Waals surface area contributed by atoms with Crippen molar-refractivity contribution in [1.82, 2.24) is 0 Å². The van der Waals surface area contributed by atoms with Crippen molar-refractivity contribution < 1.29 is 24.5 Å². The molecule has 0 radical (unpaired) electrons. The van der Waals surface area contributed by atoms with Crippen LogP contribution in [-0.2, 0) is 4.79 Å². The normalized spacial score (nSPS) is 15.0. The first-order valence-corrected chi connectivity index (χ1v) is 4.45. The molecule has 0 aromatic heterocycles. The third-order valence-electron chi connectivity index (χ3n) is 2.35. The summed E-state index contributed by atoms with van der Waals surface area (Å²) < 4.78 is 10.1. The number of rotatable bonds is 2. The summed E-state index contributed by atoms with van der Waals surface area (Å²) in [5.74, 6) is -1.07. The Morgan fingerprint density at radius 1 is 1.47 bits per heavy atom. The van der Waals surface area contributed by atoms with Gasteiger partial charge in [0.25, 0.3) is 0 Å². The van der Waals surface area contributed by atoms with Gasteiger partial charge in [0, 0.05) is 0 Å². The molecule has 80 valence electrons. The molecular formula is C10H10O5. The first-order valence-electron chi connectivity index (χ1n) is 4.45. The van der Waals surface area contributed by atoms with Gasteiger partial charge in [-0.15, -0.1) is 0 Å². The van der Waals surface area contributed by atoms with Crippen molar-refractivity contribution in [3.63, 3.8) is 0 Å². The molecule has 5 heteroatoms. The molecule has 5 nitrogen and oxygen atoms in total. The SMILES string of the molecule is CC(C(=O)O)c1cc(O)c2c(c1)OCO2. The van der Waals surface area contributed by atoms with Crippen LogP contribution in [0.5, 0.6) is 17.2 Å². The van der Waals surface area contributed by atoms with Crippen LogP contribution in [0, 0.1) is 0 Å². The molecule has 1 aromatic carbocycles. The van der Waals surface area contributed by atoms with Crippen molar-refractivity contribution in [2.45, 2.75) is 12.8 Å². The summed E-state index contributed by atoms with van der Waals surface area (Å²) in [6, 6.07) is 2.95. The summed E-state index contributed by atoms with van der Waals surface area (Å²) in [5.41, 5.74) is 0.490. The number of fused-ring (bicyclic) bond motifs is 1. The van der Waals surface area contributed by atoms with Gasteiger partial charge in [0.15, 0.2) is 11.5 Å². The molecule has 0 spiro atoms. The molecule has 0 aliphatic carbocycles. The monoisotopic (exact) mass is 210 g/mol. The number of carboxylic acid groups (broad SMARTS) is 1. The number of aromatic hydroxyl groups is 1. The molecule has 2 N–H and O–H groups in total. The minimum Gasteiger partial charge on any atom is -0.504 e. The number of carboxylic acids is 1. The Bertz CT molecular complexity index is 413. The number of carbonyl (C=O) groups is 1. The van der Waals surface area contributed by atoms with Gasteiger partial charge >= 0.3 is 5.97 Å². The average Bonchev–Trinajstić information content (AvgIpc) is 2.64. The quantitative estimate of drug-likeness (QED) is 0.769. The fourth-order valence-corrected chi connectivity index (χ4v) is 1.40. The third kappa shape index (κ3) is 1.56. The Labute approximate surface area is 85.9 Å². The van der Waals surface area contributed by atoms with E-state index in [0.717, 1.165) is 0 Å². The predicted molar refractivity (Wildman–Crippen MR) is 50.3 cm³/mol. The fraction of sp³-hybridized carbons (Fsp3) is 0.300. The molecule has 0 bridgehead atoms. The van der Waals surface area contributed by atoms with Gasteiger partial charge in [-0.2, -0.15) is 0 Å². The highest BCUT2D eigenvalue weighted by Gasteiger charge is 2.23. The zero-order valence-corrected chi connectivity index (χ0v) is 8.06. The van der Waals surface area contributed by atoms with Gasteiger partial charge in [-0.25, -0.2) is 0 Å². The Hall–Kier alpha value is -1.91. The first kappa shape index (κ1) is 9.64. The maximum absolute atomic E-state index is 10.8. The molecule has 1 atom stereocenters. The maximum atomic E-state index is 10.8. The number of ether oxygens (including phenoxy) is 2. The van der Waals surface area contributed by atoms with Gasteiger partial charge in [0.2, 0.25) is 12.5 Å². The van der Waals surface area contributed by atoms with Crippen LogP contribution in [0.1, 0.15) is 18.4 Å². The molecular weight excluding hydrogens is 200 g/mol. The number of phenolic OH excluding ortho intramolecular Hbond substituents is 1. The fourth-order valence-electron chi connectivity index (χ4n) is 1.40. The molecule has 1 heterocycles. The second-order valence-electron chi connectivity index (χ2n) is 3.33. The standard InChI is InChI=1S/C10H10O5/c1-5(10(12)13)6-2-7(11)9-8(3-6)14-4-15-9/h2-3,5,11H,4H2,1H3,(H,12,13). The van der Waals surface area contributed by atoms with Crippen LogP contribution >= 0.6 is 0 Å². The highest BCUT2D eigenvalue weighted by atomic mass is 16.7. The van der Waals surface area contributed by atoms with Gasteiger partial charge < -0.3 is 19.7 Å². The van der Waals surface area contributed by atoms with Crippen molar-refractivity contribution in [3.8, 4) is 17.2 Å². The molecule has 0 saturated carbocycles. The van der Waals surface area contributed by atoms with Crippen LogP contribution in [0.3, 0.4) is 0 Å². The Morgan fingerprint density at radius 3 is 2.87 bits per heavy atom. The van der Waals surface area contributed by atoms with Crippen LogP contribution in [0.2, 0.25) is 0 Å². The smallest absolute Gasteiger partial charge is 0.310 e. The molecule has 1 unspecified atom stereocenters. The lowest BCUT2D eigenvalue weighted by Crippen LogP contribution is -2.07. The zero-order valence-electron chi connectivity index (χ0n) is 8.06. The van der Waals surface area contributed by atoms with Crippen LogP contribution in [0.4, 0.5) is 0 Å². The highest BCUT2D eigenvalue weighted by molar-refractivity contribution is 5.76. The molecule has 1 aromatic rings. The van der Waals surface area contributed by atoms with E-state index in [1.165, 1.54) is 6.07 Å². The lowest BCUT2D eigenvalue weighted by molar-refractivity contribution is -0.138. The third-order valence-corrected chi connectivity index (χ3v) is 2.35. The summed E-state index contributed by atoms with van der Waals surface area (Å²) in [6.07, 6.45) is 0. The number of aliphatic carboxylic acids is 1. The van der Waals surface area contributed by atoms with Crippen LogP contribution in [0.25, 0.3) is 0 Å². The Balaban J connectivity index is 2.43. The lowest BCUT2D eigenvalue weighted by Gasteiger charge is -2.08. The number of hydrogen-bond acceptors (Lipinski definition) is 4. The van der Waals surface area contributed by atoms with Crippen LogP contribution in [-0.4, -0.2) is 23.0 Å². The summed E-state index contributed by atoms with van der Waals surface area (Å²) in [6.45, 7) is 1.59. The molecule has 0 amide bonds. The van der Waals surface area contributed by atoms with E-state index in [1.807, 2.05) is 0 Å². The van der Waals surface area contributed by atoms with E-state index in [1.54, 1.807) is 13.0 Å². The van der Waals surface area contributed by atoms with E-state index in [2.05, 4.69) is 0 Å². The van der Waals surface area contributed by atoms with Crippen molar-refractivity contribution in [2.75, 3.05) is 6.79 Å². The van der Waals surface area contributed by atoms with Gasteiger partial charge in [-0.05, 0) is 24.6 Å². The van der Waals surface area contributed by atoms with Gasteiger partial charge in [-0.3, -0.25) is 4.79 Å². The first-order chi connectivity index (χ1) is 7.09. The van der Waals surface area contributed by atoms with E-state index in [0.29, 0.717) is 11.3 Å². The minimum atomic E-state index is -0.951. The second kappa shape index (κ2) is 3.34. The Kier molecular flexibility index (Phi) is 2.15. The zero-order chi connectivity index (χ0) is 11.0. The summed E-state index contributed by atoms with van der Waals surface area (Å²) in [5, 5.41) is 18.4. The molecule has 2 rings (SSSR count). The lowest BCUT2D eigenvalue weighted by atomic mass is 10.0. The van der Waals surface area contributed by atoms with Crippen molar-refractivity contribution in [1.29, 1.82) is 0 Å². The van der Waals surface area contributed by atoms with E-state index in [-0.39, 0.29) is 18.3 Å². The topological polar surface area (TPSA) is 76.0 Å². The van der Waals surface area contributed by atoms with Crippen LogP contribution in [0.15, 0.2) is 12.1 Å². The van der Waals surface area contributed by atoms with E-state index >= 15 is 0 Å². The van der Waals surface area contributed by atoms with Gasteiger partial charge in [-0.1, -0.05) is 0 Å². The number of phenols is 1. The van der Waals surface area contributed by atoms with Crippen LogP contribution < -0.4 is 9.47 Å². The molecule has 15 heavy (non-hydrogen) atoms. The molecule has 1 aliphatic heterocycles. The van der Waals surface area contributed by atoms with E-state index in [9.17, 15) is 9.90 Å². The van der Waals surface area contributed by atoms with Crippen molar-refractivity contribution in [3.05, 3.63) is 17.7 Å². The predicted octanol–water partition coefficient (Wildman–Crippen LogP) is 1.31. The number of benzene rings is 1. The van der Waals surface area contributed by atoms with E-state index in [4.69, 9.17) is 14.6 Å². The molecule has 0 fully saturated rings. The molecule has 0 saturated heterocycles.